The van der Waals surface area contributed by atoms with Crippen LogP contribution in [0.1, 0.15) is 10.4 Å². The van der Waals surface area contributed by atoms with E-state index in [2.05, 4.69) is 5.32 Å². The summed E-state index contributed by atoms with van der Waals surface area (Å²) in [5.41, 5.74) is 7.73. The first-order valence-electron chi connectivity index (χ1n) is 8.12. The summed E-state index contributed by atoms with van der Waals surface area (Å²) < 4.78 is 5.12. The molecule has 28 heavy (non-hydrogen) atoms. The second kappa shape index (κ2) is 9.47. The van der Waals surface area contributed by atoms with Crippen molar-refractivity contribution in [1.29, 1.82) is 0 Å². The van der Waals surface area contributed by atoms with E-state index < -0.39 is 0 Å². The highest BCUT2D eigenvalue weighted by atomic mass is 35.5. The summed E-state index contributed by atoms with van der Waals surface area (Å²) in [6.07, 6.45) is 0. The van der Waals surface area contributed by atoms with Gasteiger partial charge in [-0.3, -0.25) is 4.79 Å². The lowest BCUT2D eigenvalue weighted by atomic mass is 10.2. The van der Waals surface area contributed by atoms with Crippen LogP contribution in [-0.4, -0.2) is 13.0 Å². The van der Waals surface area contributed by atoms with Crippen LogP contribution in [0.3, 0.4) is 0 Å². The van der Waals surface area contributed by atoms with Gasteiger partial charge < -0.3 is 15.8 Å². The predicted octanol–water partition coefficient (Wildman–Crippen LogP) is 6.64. The highest BCUT2D eigenvalue weighted by Gasteiger charge is 2.15. The van der Waals surface area contributed by atoms with Crippen LogP contribution in [0.15, 0.2) is 70.5 Å². The van der Waals surface area contributed by atoms with Crippen molar-refractivity contribution in [2.45, 2.75) is 9.79 Å². The lowest BCUT2D eigenvalue weighted by Gasteiger charge is -2.12. The van der Waals surface area contributed by atoms with Crippen molar-refractivity contribution in [2.75, 3.05) is 18.2 Å². The van der Waals surface area contributed by atoms with E-state index in [4.69, 9.17) is 33.7 Å². The standard InChI is InChI=1S/C20H16Cl2N2O2S2/c1-26-19-13(21)10-12(11-14(19)22)20(25)24-16-7-3-5-9-18(16)28-27-17-8-4-2-6-15(17)23/h2-11H,23H2,1H3,(H,24,25). The molecule has 144 valence electrons. The molecule has 0 fully saturated rings. The molecular formula is C20H16Cl2N2O2S2. The SMILES string of the molecule is COc1c(Cl)cc(C(=O)Nc2ccccc2SSc2ccccc2N)cc1Cl. The van der Waals surface area contributed by atoms with Crippen LogP contribution in [0.4, 0.5) is 11.4 Å². The Hall–Kier alpha value is -1.99. The van der Waals surface area contributed by atoms with Gasteiger partial charge in [-0.25, -0.2) is 0 Å². The van der Waals surface area contributed by atoms with Crippen LogP contribution in [0, 0.1) is 0 Å². The monoisotopic (exact) mass is 450 g/mol. The van der Waals surface area contributed by atoms with E-state index in [-0.39, 0.29) is 16.0 Å². The van der Waals surface area contributed by atoms with Gasteiger partial charge in [-0.2, -0.15) is 0 Å². The Bertz CT molecular complexity index is 992. The van der Waals surface area contributed by atoms with Crippen molar-refractivity contribution in [3.05, 3.63) is 76.3 Å². The zero-order valence-corrected chi connectivity index (χ0v) is 17.9. The summed E-state index contributed by atoms with van der Waals surface area (Å²) in [5.74, 6) is 0.0245. The minimum Gasteiger partial charge on any atom is -0.494 e. The second-order valence-corrected chi connectivity index (χ2v) is 8.66. The fourth-order valence-electron chi connectivity index (χ4n) is 2.37. The normalized spacial score (nSPS) is 10.5. The average Bonchev–Trinajstić information content (AvgIpc) is 2.68. The molecule has 0 saturated heterocycles. The quantitative estimate of drug-likeness (QED) is 0.325. The van der Waals surface area contributed by atoms with Crippen molar-refractivity contribution >= 4 is 62.1 Å². The van der Waals surface area contributed by atoms with Gasteiger partial charge in [0.25, 0.3) is 5.91 Å². The lowest BCUT2D eigenvalue weighted by molar-refractivity contribution is 0.102. The first-order chi connectivity index (χ1) is 13.5. The van der Waals surface area contributed by atoms with Gasteiger partial charge in [0.05, 0.1) is 22.8 Å². The Morgan fingerprint density at radius 1 is 0.964 bits per heavy atom. The molecule has 0 aliphatic heterocycles. The molecule has 0 spiro atoms. The number of ether oxygens (including phenoxy) is 1. The molecule has 0 radical (unpaired) electrons. The van der Waals surface area contributed by atoms with E-state index in [0.29, 0.717) is 22.7 Å². The summed E-state index contributed by atoms with van der Waals surface area (Å²) >= 11 is 12.3. The number of hydrogen-bond acceptors (Lipinski definition) is 5. The smallest absolute Gasteiger partial charge is 0.255 e. The van der Waals surface area contributed by atoms with Crippen molar-refractivity contribution in [3.8, 4) is 5.75 Å². The summed E-state index contributed by atoms with van der Waals surface area (Å²) in [6.45, 7) is 0. The van der Waals surface area contributed by atoms with E-state index in [9.17, 15) is 4.79 Å². The third-order valence-corrected chi connectivity index (χ3v) is 6.80. The number of hydrogen-bond donors (Lipinski definition) is 2. The summed E-state index contributed by atoms with van der Waals surface area (Å²) in [4.78, 5) is 14.6. The molecule has 0 atom stereocenters. The van der Waals surface area contributed by atoms with Gasteiger partial charge in [-0.1, -0.05) is 69.1 Å². The van der Waals surface area contributed by atoms with Crippen LogP contribution in [-0.2, 0) is 0 Å². The Balaban J connectivity index is 1.78. The van der Waals surface area contributed by atoms with Gasteiger partial charge in [0.2, 0.25) is 0 Å². The molecule has 0 aromatic heterocycles. The number of rotatable bonds is 6. The highest BCUT2D eigenvalue weighted by Crippen LogP contribution is 2.43. The van der Waals surface area contributed by atoms with Crippen molar-refractivity contribution in [3.63, 3.8) is 0 Å². The Morgan fingerprint density at radius 3 is 2.18 bits per heavy atom. The van der Waals surface area contributed by atoms with E-state index in [1.807, 2.05) is 48.5 Å². The van der Waals surface area contributed by atoms with Gasteiger partial charge in [-0.05, 0) is 36.4 Å². The lowest BCUT2D eigenvalue weighted by Crippen LogP contribution is -2.12. The van der Waals surface area contributed by atoms with Crippen LogP contribution >= 0.6 is 44.8 Å². The van der Waals surface area contributed by atoms with Crippen LogP contribution in [0.25, 0.3) is 0 Å². The fraction of sp³-hybridized carbons (Fsp3) is 0.0500. The number of anilines is 2. The Morgan fingerprint density at radius 2 is 1.54 bits per heavy atom. The number of methoxy groups -OCH3 is 1. The zero-order chi connectivity index (χ0) is 20.1. The number of carbonyl (C=O) groups is 1. The molecule has 3 aromatic rings. The predicted molar refractivity (Wildman–Crippen MR) is 120 cm³/mol. The third-order valence-electron chi connectivity index (χ3n) is 3.74. The van der Waals surface area contributed by atoms with E-state index in [0.717, 1.165) is 9.79 Å². The number of nitrogens with two attached hydrogens (primary N) is 1. The first kappa shape index (κ1) is 20.7. The molecule has 4 nitrogen and oxygen atoms in total. The number of nitrogen functional groups attached to an aromatic ring is 1. The minimum atomic E-state index is -0.316. The van der Waals surface area contributed by atoms with Gasteiger partial charge in [0, 0.05) is 21.0 Å². The maximum Gasteiger partial charge on any atom is 0.255 e. The zero-order valence-electron chi connectivity index (χ0n) is 14.7. The van der Waals surface area contributed by atoms with Crippen LogP contribution in [0.2, 0.25) is 10.0 Å². The maximum atomic E-state index is 12.7. The molecule has 3 aromatic carbocycles. The number of para-hydroxylation sites is 2. The number of carbonyl (C=O) groups excluding carboxylic acids is 1. The molecule has 8 heteroatoms. The third kappa shape index (κ3) is 4.89. The van der Waals surface area contributed by atoms with Crippen LogP contribution < -0.4 is 15.8 Å². The van der Waals surface area contributed by atoms with E-state index >= 15 is 0 Å². The largest absolute Gasteiger partial charge is 0.494 e. The van der Waals surface area contributed by atoms with Gasteiger partial charge >= 0.3 is 0 Å². The summed E-state index contributed by atoms with van der Waals surface area (Å²) in [5, 5.41) is 3.46. The highest BCUT2D eigenvalue weighted by molar-refractivity contribution is 8.76. The molecule has 0 bridgehead atoms. The van der Waals surface area contributed by atoms with Gasteiger partial charge in [0.1, 0.15) is 0 Å². The van der Waals surface area contributed by atoms with Gasteiger partial charge in [0.15, 0.2) is 5.75 Å². The van der Waals surface area contributed by atoms with E-state index in [1.165, 1.54) is 40.8 Å². The molecule has 0 saturated carbocycles. The average molecular weight is 451 g/mol. The van der Waals surface area contributed by atoms with Crippen molar-refractivity contribution < 1.29 is 9.53 Å². The molecular weight excluding hydrogens is 435 g/mol. The van der Waals surface area contributed by atoms with E-state index in [1.54, 1.807) is 0 Å². The molecule has 0 aliphatic carbocycles. The molecule has 3 rings (SSSR count). The Kier molecular flexibility index (Phi) is 7.02. The van der Waals surface area contributed by atoms with Crippen molar-refractivity contribution in [1.82, 2.24) is 0 Å². The molecule has 0 aliphatic rings. The summed E-state index contributed by atoms with van der Waals surface area (Å²) in [7, 11) is 4.51. The topological polar surface area (TPSA) is 64.3 Å². The minimum absolute atomic E-state index is 0.276. The maximum absolute atomic E-state index is 12.7. The molecule has 0 unspecified atom stereocenters. The fourth-order valence-corrected chi connectivity index (χ4v) is 5.26. The number of benzene rings is 3. The number of amides is 1. The second-order valence-electron chi connectivity index (χ2n) is 5.63. The van der Waals surface area contributed by atoms with Crippen molar-refractivity contribution in [2.24, 2.45) is 0 Å². The Labute approximate surface area is 181 Å². The van der Waals surface area contributed by atoms with Crippen LogP contribution in [0.5, 0.6) is 5.75 Å². The summed E-state index contributed by atoms with van der Waals surface area (Å²) in [6, 6.07) is 18.2. The van der Waals surface area contributed by atoms with Gasteiger partial charge in [-0.15, -0.1) is 0 Å². The molecule has 0 heterocycles. The molecule has 3 N–H and O–H groups in total. The molecule has 1 amide bonds. The first-order valence-corrected chi connectivity index (χ1v) is 11.0. The number of halogens is 2. The number of nitrogens with one attached hydrogen (secondary N) is 1.